The van der Waals surface area contributed by atoms with Crippen molar-refractivity contribution in [2.45, 2.75) is 38.0 Å². The number of thioether (sulfide) groups is 1. The highest BCUT2D eigenvalue weighted by molar-refractivity contribution is 7.99. The molecule has 0 spiro atoms. The summed E-state index contributed by atoms with van der Waals surface area (Å²) in [6, 6.07) is 5.93. The van der Waals surface area contributed by atoms with Crippen molar-refractivity contribution >= 4 is 45.1 Å². The highest BCUT2D eigenvalue weighted by Gasteiger charge is 2.21. The molecule has 0 saturated carbocycles. The third-order valence-corrected chi connectivity index (χ3v) is 7.31. The van der Waals surface area contributed by atoms with E-state index in [1.54, 1.807) is 11.3 Å². The third-order valence-electron chi connectivity index (χ3n) is 5.21. The normalized spacial score (nSPS) is 14.7. The zero-order valence-corrected chi connectivity index (χ0v) is 17.9. The van der Waals surface area contributed by atoms with Gasteiger partial charge in [0, 0.05) is 11.4 Å². The fourth-order valence-electron chi connectivity index (χ4n) is 3.86. The van der Waals surface area contributed by atoms with E-state index in [2.05, 4.69) is 5.32 Å². The number of ether oxygens (including phenoxy) is 2. The van der Waals surface area contributed by atoms with Gasteiger partial charge in [0.1, 0.15) is 16.5 Å². The molecule has 2 N–H and O–H groups in total. The van der Waals surface area contributed by atoms with Crippen LogP contribution < -0.4 is 14.8 Å². The van der Waals surface area contributed by atoms with E-state index < -0.39 is 5.97 Å². The van der Waals surface area contributed by atoms with Crippen molar-refractivity contribution in [3.63, 3.8) is 0 Å². The lowest BCUT2D eigenvalue weighted by atomic mass is 9.97. The molecule has 9 heteroatoms. The number of anilines is 1. The number of aromatic nitrogens is 2. The number of aliphatic carboxylic acids is 1. The minimum Gasteiger partial charge on any atom is -0.481 e. The number of nitrogens with one attached hydrogen (secondary N) is 1. The number of carboxylic acid groups (broad SMARTS) is 1. The topological polar surface area (TPSA) is 93.6 Å². The number of hydrogen-bond donors (Lipinski definition) is 2. The number of hydrogen-bond acceptors (Lipinski definition) is 8. The van der Waals surface area contributed by atoms with E-state index in [4.69, 9.17) is 24.5 Å². The molecule has 0 atom stereocenters. The highest BCUT2D eigenvalue weighted by Crippen LogP contribution is 2.39. The lowest BCUT2D eigenvalue weighted by Crippen LogP contribution is -2.07. The first-order chi connectivity index (χ1) is 14.7. The summed E-state index contributed by atoms with van der Waals surface area (Å²) < 4.78 is 10.9. The predicted octanol–water partition coefficient (Wildman–Crippen LogP) is 4.23. The SMILES string of the molecule is O=C(O)CSCc1nc(NCc2ccc3c(c2)OCO3)c2c3c(sc2n1)CCCC3. The summed E-state index contributed by atoms with van der Waals surface area (Å²) in [6.07, 6.45) is 4.57. The summed E-state index contributed by atoms with van der Waals surface area (Å²) in [5, 5.41) is 13.5. The molecule has 3 heterocycles. The summed E-state index contributed by atoms with van der Waals surface area (Å²) in [4.78, 5) is 22.8. The average Bonchev–Trinajstić information content (AvgIpc) is 3.35. The maximum atomic E-state index is 10.9. The molecule has 0 unspecified atom stereocenters. The first-order valence-corrected chi connectivity index (χ1v) is 11.9. The first kappa shape index (κ1) is 19.4. The van der Waals surface area contributed by atoms with Crippen LogP contribution in [0.5, 0.6) is 11.5 Å². The van der Waals surface area contributed by atoms with Crippen LogP contribution in [0.3, 0.4) is 0 Å². The Bertz CT molecular complexity index is 1120. The van der Waals surface area contributed by atoms with Crippen molar-refractivity contribution in [1.82, 2.24) is 9.97 Å². The van der Waals surface area contributed by atoms with Gasteiger partial charge in [0.15, 0.2) is 11.5 Å². The number of fused-ring (bicyclic) bond motifs is 4. The second-order valence-electron chi connectivity index (χ2n) is 7.31. The first-order valence-electron chi connectivity index (χ1n) is 9.90. The van der Waals surface area contributed by atoms with Crippen LogP contribution in [0.15, 0.2) is 18.2 Å². The Morgan fingerprint density at radius 1 is 1.20 bits per heavy atom. The van der Waals surface area contributed by atoms with Gasteiger partial charge in [-0.05, 0) is 48.9 Å². The fourth-order valence-corrected chi connectivity index (χ4v) is 5.73. The molecule has 30 heavy (non-hydrogen) atoms. The van der Waals surface area contributed by atoms with Gasteiger partial charge in [0.05, 0.1) is 16.9 Å². The highest BCUT2D eigenvalue weighted by atomic mass is 32.2. The minimum absolute atomic E-state index is 0.0439. The van der Waals surface area contributed by atoms with Crippen molar-refractivity contribution in [2.75, 3.05) is 17.9 Å². The monoisotopic (exact) mass is 443 g/mol. The zero-order valence-electron chi connectivity index (χ0n) is 16.3. The Hall–Kier alpha value is -2.52. The van der Waals surface area contributed by atoms with Gasteiger partial charge in [-0.3, -0.25) is 4.79 Å². The van der Waals surface area contributed by atoms with Gasteiger partial charge >= 0.3 is 5.97 Å². The van der Waals surface area contributed by atoms with Crippen LogP contribution in [0.1, 0.15) is 34.7 Å². The van der Waals surface area contributed by atoms with E-state index in [9.17, 15) is 4.79 Å². The van der Waals surface area contributed by atoms with Crippen LogP contribution in [0, 0.1) is 0 Å². The Morgan fingerprint density at radius 2 is 2.07 bits per heavy atom. The van der Waals surface area contributed by atoms with Crippen molar-refractivity contribution in [1.29, 1.82) is 0 Å². The average molecular weight is 444 g/mol. The molecular formula is C21H21N3O4S2. The number of carbonyl (C=O) groups is 1. The predicted molar refractivity (Wildman–Crippen MR) is 118 cm³/mol. The standard InChI is InChI=1S/C21H21N3O4S2/c25-18(26)10-29-9-17-23-20(19-13-3-1-2-4-16(13)30-21(19)24-17)22-8-12-5-6-14-15(7-12)28-11-27-14/h5-7H,1-4,8-11H2,(H,25,26)(H,22,23,24). The molecule has 156 valence electrons. The molecular weight excluding hydrogens is 422 g/mol. The largest absolute Gasteiger partial charge is 0.481 e. The van der Waals surface area contributed by atoms with Gasteiger partial charge in [-0.25, -0.2) is 9.97 Å². The third kappa shape index (κ3) is 3.91. The number of thiophene rings is 1. The second-order valence-corrected chi connectivity index (χ2v) is 9.38. The maximum absolute atomic E-state index is 10.9. The molecule has 3 aromatic rings. The van der Waals surface area contributed by atoms with Gasteiger partial charge < -0.3 is 19.9 Å². The van der Waals surface area contributed by atoms with Crippen LogP contribution in [-0.4, -0.2) is 33.6 Å². The van der Waals surface area contributed by atoms with Crippen LogP contribution in [0.25, 0.3) is 10.2 Å². The van der Waals surface area contributed by atoms with Crippen molar-refractivity contribution < 1.29 is 19.4 Å². The molecule has 0 bridgehead atoms. The molecule has 2 aromatic heterocycles. The molecule has 5 rings (SSSR count). The van der Waals surface area contributed by atoms with Gasteiger partial charge in [-0.15, -0.1) is 23.1 Å². The van der Waals surface area contributed by atoms with Crippen molar-refractivity contribution in [3.05, 3.63) is 40.0 Å². The lowest BCUT2D eigenvalue weighted by molar-refractivity contribution is -0.133. The Labute approximate surface area is 181 Å². The fraction of sp³-hybridized carbons (Fsp3) is 0.381. The Kier molecular flexibility index (Phi) is 5.39. The molecule has 2 aliphatic rings. The quantitative estimate of drug-likeness (QED) is 0.560. The van der Waals surface area contributed by atoms with Crippen LogP contribution in [0.4, 0.5) is 5.82 Å². The number of rotatable bonds is 7. The smallest absolute Gasteiger partial charge is 0.313 e. The van der Waals surface area contributed by atoms with Crippen molar-refractivity contribution in [3.8, 4) is 11.5 Å². The summed E-state index contributed by atoms with van der Waals surface area (Å²) in [5.41, 5.74) is 2.45. The van der Waals surface area contributed by atoms with Gasteiger partial charge in [-0.2, -0.15) is 0 Å². The van der Waals surface area contributed by atoms with Gasteiger partial charge in [0.2, 0.25) is 6.79 Å². The Morgan fingerprint density at radius 3 is 2.97 bits per heavy atom. The number of aryl methyl sites for hydroxylation is 2. The van der Waals surface area contributed by atoms with E-state index >= 15 is 0 Å². The lowest BCUT2D eigenvalue weighted by Gasteiger charge is -2.13. The van der Waals surface area contributed by atoms with E-state index in [1.165, 1.54) is 35.0 Å². The summed E-state index contributed by atoms with van der Waals surface area (Å²) in [7, 11) is 0. The molecule has 0 saturated heterocycles. The summed E-state index contributed by atoms with van der Waals surface area (Å²) in [6.45, 7) is 0.867. The second kappa shape index (κ2) is 8.31. The molecule has 1 aliphatic heterocycles. The minimum atomic E-state index is -0.825. The van der Waals surface area contributed by atoms with Crippen molar-refractivity contribution in [2.24, 2.45) is 0 Å². The van der Waals surface area contributed by atoms with Gasteiger partial charge in [-0.1, -0.05) is 6.07 Å². The number of benzene rings is 1. The van der Waals surface area contributed by atoms with Gasteiger partial charge in [0.25, 0.3) is 0 Å². The van der Waals surface area contributed by atoms with E-state index in [0.29, 0.717) is 18.1 Å². The van der Waals surface area contributed by atoms with Crippen LogP contribution in [-0.2, 0) is 29.9 Å². The van der Waals surface area contributed by atoms with E-state index in [-0.39, 0.29) is 12.5 Å². The maximum Gasteiger partial charge on any atom is 0.313 e. The molecule has 1 aliphatic carbocycles. The number of carboxylic acids is 1. The Balaban J connectivity index is 1.44. The van der Waals surface area contributed by atoms with Crippen LogP contribution >= 0.6 is 23.1 Å². The number of nitrogens with zero attached hydrogens (tertiary/aromatic N) is 2. The molecule has 1 aromatic carbocycles. The van der Waals surface area contributed by atoms with E-state index in [0.717, 1.165) is 45.9 Å². The zero-order chi connectivity index (χ0) is 20.5. The molecule has 7 nitrogen and oxygen atoms in total. The summed E-state index contributed by atoms with van der Waals surface area (Å²) in [5.74, 6) is 2.73. The van der Waals surface area contributed by atoms with E-state index in [1.807, 2.05) is 18.2 Å². The molecule has 0 amide bonds. The molecule has 0 fully saturated rings. The van der Waals surface area contributed by atoms with Crippen LogP contribution in [0.2, 0.25) is 0 Å². The summed E-state index contributed by atoms with van der Waals surface area (Å²) >= 11 is 3.07. The molecule has 0 radical (unpaired) electrons.